The lowest BCUT2D eigenvalue weighted by atomic mass is 10.2. The first-order chi connectivity index (χ1) is 9.88. The highest BCUT2D eigenvalue weighted by atomic mass is 19.1. The second-order valence-corrected chi connectivity index (χ2v) is 4.53. The number of hydrogen-bond donors (Lipinski definition) is 1. The number of nitro benzene ring substituents is 1. The van der Waals surface area contributed by atoms with Gasteiger partial charge in [0.1, 0.15) is 0 Å². The van der Waals surface area contributed by atoms with Gasteiger partial charge >= 0.3 is 0 Å². The molecule has 0 spiro atoms. The van der Waals surface area contributed by atoms with Gasteiger partial charge in [-0.1, -0.05) is 0 Å². The first-order valence-electron chi connectivity index (χ1n) is 6.15. The number of aromatic nitrogens is 1. The third-order valence-electron chi connectivity index (χ3n) is 2.90. The molecule has 0 bridgehead atoms. The smallest absolute Gasteiger partial charge is 0.275 e. The Morgan fingerprint density at radius 3 is 2.67 bits per heavy atom. The Morgan fingerprint density at radius 2 is 2.14 bits per heavy atom. The molecule has 0 aliphatic heterocycles. The van der Waals surface area contributed by atoms with E-state index in [0.717, 1.165) is 6.07 Å². The topological polar surface area (TPSA) is 85.5 Å². The van der Waals surface area contributed by atoms with Crippen LogP contribution in [0.25, 0.3) is 0 Å². The number of ether oxygens (including phenoxy) is 1. The molecule has 2 aromatic rings. The highest BCUT2D eigenvalue weighted by molar-refractivity contribution is 5.46. The van der Waals surface area contributed by atoms with Gasteiger partial charge < -0.3 is 9.84 Å². The molecule has 21 heavy (non-hydrogen) atoms. The van der Waals surface area contributed by atoms with E-state index in [-0.39, 0.29) is 22.9 Å². The zero-order valence-electron chi connectivity index (χ0n) is 11.4. The number of aliphatic hydroxyl groups excluding tert-OH is 1. The number of nitro groups is 1. The van der Waals surface area contributed by atoms with Crippen molar-refractivity contribution in [3.05, 3.63) is 57.5 Å². The van der Waals surface area contributed by atoms with Crippen molar-refractivity contribution < 1.29 is 19.2 Å². The van der Waals surface area contributed by atoms with E-state index < -0.39 is 16.8 Å². The molecule has 1 aromatic heterocycles. The summed E-state index contributed by atoms with van der Waals surface area (Å²) in [5.41, 5.74) is 0.581. The van der Waals surface area contributed by atoms with Gasteiger partial charge in [-0.25, -0.2) is 9.37 Å². The lowest BCUT2D eigenvalue weighted by Gasteiger charge is -2.08. The average molecular weight is 292 g/mol. The number of halogens is 1. The van der Waals surface area contributed by atoms with Crippen molar-refractivity contribution in [3.63, 3.8) is 0 Å². The maximum absolute atomic E-state index is 13.8. The highest BCUT2D eigenvalue weighted by Gasteiger charge is 2.17. The van der Waals surface area contributed by atoms with Gasteiger partial charge in [-0.05, 0) is 31.5 Å². The van der Waals surface area contributed by atoms with Crippen LogP contribution in [0, 0.1) is 22.9 Å². The summed E-state index contributed by atoms with van der Waals surface area (Å²) in [6, 6.07) is 5.15. The molecule has 0 radical (unpaired) electrons. The van der Waals surface area contributed by atoms with Crippen LogP contribution in [0.15, 0.2) is 30.5 Å². The molecule has 0 aliphatic carbocycles. The molecule has 1 heterocycles. The monoisotopic (exact) mass is 292 g/mol. The highest BCUT2D eigenvalue weighted by Crippen LogP contribution is 2.30. The van der Waals surface area contributed by atoms with Crippen LogP contribution in [0.1, 0.15) is 24.2 Å². The van der Waals surface area contributed by atoms with Crippen LogP contribution < -0.4 is 4.74 Å². The molecule has 1 N–H and O–H groups in total. The maximum atomic E-state index is 13.8. The molecule has 110 valence electrons. The Balaban J connectivity index is 2.27. The maximum Gasteiger partial charge on any atom is 0.275 e. The van der Waals surface area contributed by atoms with Crippen LogP contribution in [0.5, 0.6) is 11.6 Å². The van der Waals surface area contributed by atoms with Crippen LogP contribution in [0.4, 0.5) is 10.1 Å². The quantitative estimate of drug-likeness (QED) is 0.690. The van der Waals surface area contributed by atoms with E-state index in [1.165, 1.54) is 25.3 Å². The van der Waals surface area contributed by atoms with Gasteiger partial charge in [-0.15, -0.1) is 0 Å². The summed E-state index contributed by atoms with van der Waals surface area (Å²) in [4.78, 5) is 14.0. The van der Waals surface area contributed by atoms with Gasteiger partial charge in [0, 0.05) is 17.8 Å². The molecule has 0 aliphatic rings. The predicted octanol–water partition coefficient (Wildman–Crippen LogP) is 3.28. The van der Waals surface area contributed by atoms with E-state index in [0.29, 0.717) is 5.56 Å². The standard InChI is InChI=1S/C14H13FN2O4/c1-8-5-13(11(15)6-12(8)17(19)20)21-14-4-3-10(7-16-14)9(2)18/h3-7,9,18H,1-2H3. The lowest BCUT2D eigenvalue weighted by molar-refractivity contribution is -0.385. The van der Waals surface area contributed by atoms with Crippen molar-refractivity contribution in [2.24, 2.45) is 0 Å². The summed E-state index contributed by atoms with van der Waals surface area (Å²) < 4.78 is 19.1. The summed E-state index contributed by atoms with van der Waals surface area (Å²) in [7, 11) is 0. The number of aliphatic hydroxyl groups is 1. The third-order valence-corrected chi connectivity index (χ3v) is 2.90. The molecule has 2 rings (SSSR count). The number of hydrogen-bond acceptors (Lipinski definition) is 5. The van der Waals surface area contributed by atoms with Gasteiger partial charge in [-0.3, -0.25) is 10.1 Å². The molecule has 0 saturated carbocycles. The van der Waals surface area contributed by atoms with E-state index in [1.54, 1.807) is 13.0 Å². The summed E-state index contributed by atoms with van der Waals surface area (Å²) in [6.45, 7) is 3.09. The van der Waals surface area contributed by atoms with Crippen LogP contribution in [0.2, 0.25) is 0 Å². The molecule has 1 atom stereocenters. The molecular weight excluding hydrogens is 279 g/mol. The van der Waals surface area contributed by atoms with Crippen LogP contribution in [-0.2, 0) is 0 Å². The average Bonchev–Trinajstić information content (AvgIpc) is 2.42. The number of benzene rings is 1. The third kappa shape index (κ3) is 3.32. The number of aryl methyl sites for hydroxylation is 1. The van der Waals surface area contributed by atoms with Gasteiger partial charge in [0.2, 0.25) is 5.88 Å². The SMILES string of the molecule is Cc1cc(Oc2ccc(C(C)O)cn2)c(F)cc1[N+](=O)[O-]. The first kappa shape index (κ1) is 14.9. The zero-order chi connectivity index (χ0) is 15.6. The van der Waals surface area contributed by atoms with Gasteiger partial charge in [0.25, 0.3) is 5.69 Å². The van der Waals surface area contributed by atoms with Crippen molar-refractivity contribution in [2.45, 2.75) is 20.0 Å². The lowest BCUT2D eigenvalue weighted by Crippen LogP contribution is -1.97. The van der Waals surface area contributed by atoms with Gasteiger partial charge in [0.15, 0.2) is 11.6 Å². The van der Waals surface area contributed by atoms with E-state index in [1.807, 2.05) is 0 Å². The van der Waals surface area contributed by atoms with E-state index >= 15 is 0 Å². The minimum atomic E-state index is -0.839. The Hall–Kier alpha value is -2.54. The predicted molar refractivity (Wildman–Crippen MR) is 72.7 cm³/mol. The summed E-state index contributed by atoms with van der Waals surface area (Å²) >= 11 is 0. The van der Waals surface area contributed by atoms with Crippen molar-refractivity contribution in [3.8, 4) is 11.6 Å². The second-order valence-electron chi connectivity index (χ2n) is 4.53. The Kier molecular flexibility index (Phi) is 4.13. The molecule has 6 nitrogen and oxygen atoms in total. The molecule has 0 saturated heterocycles. The molecular formula is C14H13FN2O4. The van der Waals surface area contributed by atoms with Gasteiger partial charge in [-0.2, -0.15) is 0 Å². The zero-order valence-corrected chi connectivity index (χ0v) is 11.4. The van der Waals surface area contributed by atoms with E-state index in [9.17, 15) is 19.6 Å². The summed E-state index contributed by atoms with van der Waals surface area (Å²) in [5, 5.41) is 20.1. The fourth-order valence-corrected chi connectivity index (χ4v) is 1.73. The fourth-order valence-electron chi connectivity index (χ4n) is 1.73. The molecule has 1 aromatic carbocycles. The normalized spacial score (nSPS) is 12.0. The summed E-state index contributed by atoms with van der Waals surface area (Å²) in [6.07, 6.45) is 0.751. The number of nitrogens with zero attached hydrogens (tertiary/aromatic N) is 2. The van der Waals surface area contributed by atoms with Crippen molar-refractivity contribution in [1.82, 2.24) is 4.98 Å². The molecule has 0 fully saturated rings. The molecule has 1 unspecified atom stereocenters. The van der Waals surface area contributed by atoms with E-state index in [4.69, 9.17) is 4.74 Å². The van der Waals surface area contributed by atoms with Crippen LogP contribution in [0.3, 0.4) is 0 Å². The Bertz CT molecular complexity index is 671. The molecule has 7 heteroatoms. The fraction of sp³-hybridized carbons (Fsp3) is 0.214. The first-order valence-corrected chi connectivity index (χ1v) is 6.15. The minimum absolute atomic E-state index is 0.131. The summed E-state index contributed by atoms with van der Waals surface area (Å²) in [5.74, 6) is -0.851. The van der Waals surface area contributed by atoms with Crippen LogP contribution in [-0.4, -0.2) is 15.0 Å². The van der Waals surface area contributed by atoms with Crippen molar-refractivity contribution in [2.75, 3.05) is 0 Å². The van der Waals surface area contributed by atoms with Crippen molar-refractivity contribution >= 4 is 5.69 Å². The Morgan fingerprint density at radius 1 is 1.43 bits per heavy atom. The van der Waals surface area contributed by atoms with E-state index in [2.05, 4.69) is 4.98 Å². The molecule has 0 amide bonds. The van der Waals surface area contributed by atoms with Gasteiger partial charge in [0.05, 0.1) is 17.1 Å². The minimum Gasteiger partial charge on any atom is -0.436 e. The Labute approximate surface area is 120 Å². The largest absolute Gasteiger partial charge is 0.436 e. The van der Waals surface area contributed by atoms with Crippen molar-refractivity contribution in [1.29, 1.82) is 0 Å². The number of pyridine rings is 1. The van der Waals surface area contributed by atoms with Crippen LogP contribution >= 0.6 is 0 Å². The second kappa shape index (κ2) is 5.84. The number of rotatable bonds is 4.